The van der Waals surface area contributed by atoms with E-state index in [-0.39, 0.29) is 14.9 Å². The van der Waals surface area contributed by atoms with Gasteiger partial charge in [0.25, 0.3) is 0 Å². The monoisotopic (exact) mass is 307 g/mol. The van der Waals surface area contributed by atoms with Gasteiger partial charge in [-0.25, -0.2) is 18.4 Å². The quantitative estimate of drug-likeness (QED) is 0.739. The van der Waals surface area contributed by atoms with E-state index in [1.54, 1.807) is 24.3 Å². The summed E-state index contributed by atoms with van der Waals surface area (Å²) < 4.78 is 25.2. The summed E-state index contributed by atoms with van der Waals surface area (Å²) in [4.78, 5) is 10.9. The predicted molar refractivity (Wildman–Crippen MR) is 75.5 cm³/mol. The number of nitrogens with one attached hydrogen (secondary N) is 1. The molecule has 2 heterocycles. The third kappa shape index (κ3) is 1.97. The standard InChI is InChI=1S/C13H10ClN3O2S/c1-8-2-4-9(5-3-8)20(18,19)10-6-15-12-11(10)16-7-17-13(12)14/h2-7,15H,1H3. The molecule has 0 saturated carbocycles. The van der Waals surface area contributed by atoms with E-state index in [2.05, 4.69) is 15.0 Å². The normalized spacial score (nSPS) is 11.9. The molecule has 3 rings (SSSR count). The van der Waals surface area contributed by atoms with Gasteiger partial charge in [0.1, 0.15) is 22.3 Å². The fourth-order valence-corrected chi connectivity index (χ4v) is 3.49. The average molecular weight is 308 g/mol. The number of aryl methyl sites for hydroxylation is 1. The molecule has 20 heavy (non-hydrogen) atoms. The Bertz CT molecular complexity index is 886. The highest BCUT2D eigenvalue weighted by Crippen LogP contribution is 2.29. The van der Waals surface area contributed by atoms with Gasteiger partial charge in [-0.05, 0) is 19.1 Å². The molecular formula is C13H10ClN3O2S. The number of aromatic amines is 1. The van der Waals surface area contributed by atoms with Gasteiger partial charge in [0.15, 0.2) is 5.15 Å². The van der Waals surface area contributed by atoms with Crippen LogP contribution in [0.25, 0.3) is 11.0 Å². The Morgan fingerprint density at radius 2 is 1.85 bits per heavy atom. The summed E-state index contributed by atoms with van der Waals surface area (Å²) in [5.74, 6) is 0. The average Bonchev–Trinajstić information content (AvgIpc) is 2.85. The third-order valence-corrected chi connectivity index (χ3v) is 5.07. The SMILES string of the molecule is Cc1ccc(S(=O)(=O)c2c[nH]c3c(Cl)ncnc23)cc1. The first-order chi connectivity index (χ1) is 9.50. The summed E-state index contributed by atoms with van der Waals surface area (Å²) in [6.45, 7) is 1.90. The van der Waals surface area contributed by atoms with Gasteiger partial charge < -0.3 is 4.98 Å². The molecule has 1 aromatic carbocycles. The molecule has 1 N–H and O–H groups in total. The van der Waals surface area contributed by atoms with Crippen molar-refractivity contribution in [1.29, 1.82) is 0 Å². The van der Waals surface area contributed by atoms with Gasteiger partial charge in [0.05, 0.1) is 4.90 Å². The van der Waals surface area contributed by atoms with Gasteiger partial charge >= 0.3 is 0 Å². The summed E-state index contributed by atoms with van der Waals surface area (Å²) in [6.07, 6.45) is 2.63. The number of H-pyrrole nitrogens is 1. The first-order valence-corrected chi connectivity index (χ1v) is 7.65. The Labute approximate surface area is 120 Å². The summed E-state index contributed by atoms with van der Waals surface area (Å²) >= 11 is 5.91. The molecule has 102 valence electrons. The Morgan fingerprint density at radius 3 is 2.55 bits per heavy atom. The summed E-state index contributed by atoms with van der Waals surface area (Å²) in [5.41, 5.74) is 1.71. The lowest BCUT2D eigenvalue weighted by molar-refractivity contribution is 0.597. The van der Waals surface area contributed by atoms with Crippen molar-refractivity contribution in [2.75, 3.05) is 0 Å². The van der Waals surface area contributed by atoms with Crippen molar-refractivity contribution in [3.8, 4) is 0 Å². The lowest BCUT2D eigenvalue weighted by Crippen LogP contribution is -2.01. The first-order valence-electron chi connectivity index (χ1n) is 5.79. The molecule has 0 amide bonds. The van der Waals surface area contributed by atoms with Crippen LogP contribution in [0.1, 0.15) is 5.56 Å². The number of fused-ring (bicyclic) bond motifs is 1. The van der Waals surface area contributed by atoms with E-state index in [0.29, 0.717) is 11.0 Å². The molecule has 0 unspecified atom stereocenters. The number of rotatable bonds is 2. The first kappa shape index (κ1) is 13.1. The van der Waals surface area contributed by atoms with Gasteiger partial charge in [-0.3, -0.25) is 0 Å². The molecule has 0 saturated heterocycles. The van der Waals surface area contributed by atoms with Gasteiger partial charge in [-0.1, -0.05) is 29.3 Å². The molecule has 0 atom stereocenters. The zero-order valence-corrected chi connectivity index (χ0v) is 12.0. The van der Waals surface area contributed by atoms with Crippen molar-refractivity contribution < 1.29 is 8.42 Å². The minimum absolute atomic E-state index is 0.0978. The molecule has 7 heteroatoms. The van der Waals surface area contributed by atoms with Crippen molar-refractivity contribution in [1.82, 2.24) is 15.0 Å². The zero-order valence-electron chi connectivity index (χ0n) is 10.5. The second-order valence-corrected chi connectivity index (χ2v) is 6.63. The second-order valence-electron chi connectivity index (χ2n) is 4.36. The van der Waals surface area contributed by atoms with Crippen molar-refractivity contribution in [3.05, 3.63) is 47.5 Å². The third-order valence-electron chi connectivity index (χ3n) is 3.00. The van der Waals surface area contributed by atoms with Gasteiger partial charge in [-0.15, -0.1) is 0 Å². The second kappa shape index (κ2) is 4.57. The Morgan fingerprint density at radius 1 is 1.15 bits per heavy atom. The van der Waals surface area contributed by atoms with E-state index in [1.165, 1.54) is 12.5 Å². The van der Waals surface area contributed by atoms with Gasteiger partial charge in [-0.2, -0.15) is 0 Å². The lowest BCUT2D eigenvalue weighted by Gasteiger charge is -2.03. The maximum absolute atomic E-state index is 12.6. The predicted octanol–water partition coefficient (Wildman–Crippen LogP) is 2.75. The van der Waals surface area contributed by atoms with Crippen molar-refractivity contribution >= 4 is 32.5 Å². The maximum Gasteiger partial charge on any atom is 0.210 e. The van der Waals surface area contributed by atoms with Crippen LogP contribution in [0.4, 0.5) is 0 Å². The van der Waals surface area contributed by atoms with Crippen LogP contribution in [0.3, 0.4) is 0 Å². The van der Waals surface area contributed by atoms with E-state index in [1.807, 2.05) is 6.92 Å². The highest BCUT2D eigenvalue weighted by molar-refractivity contribution is 7.91. The van der Waals surface area contributed by atoms with Crippen LogP contribution in [-0.2, 0) is 9.84 Å². The fourth-order valence-electron chi connectivity index (χ4n) is 1.93. The molecule has 3 aromatic rings. The van der Waals surface area contributed by atoms with Crippen LogP contribution in [-0.4, -0.2) is 23.4 Å². The fraction of sp³-hybridized carbons (Fsp3) is 0.0769. The largest absolute Gasteiger partial charge is 0.356 e. The molecule has 0 spiro atoms. The Hall–Kier alpha value is -1.92. The summed E-state index contributed by atoms with van der Waals surface area (Å²) in [5, 5.41) is 0.195. The number of nitrogens with zero attached hydrogens (tertiary/aromatic N) is 2. The van der Waals surface area contributed by atoms with Crippen LogP contribution in [0.2, 0.25) is 5.15 Å². The highest BCUT2D eigenvalue weighted by atomic mass is 35.5. The van der Waals surface area contributed by atoms with E-state index in [0.717, 1.165) is 5.56 Å². The molecule has 0 aliphatic heterocycles. The Balaban J connectivity index is 2.24. The van der Waals surface area contributed by atoms with Crippen LogP contribution in [0.15, 0.2) is 46.6 Å². The zero-order chi connectivity index (χ0) is 14.3. The van der Waals surface area contributed by atoms with Crippen LogP contribution in [0, 0.1) is 6.92 Å². The minimum Gasteiger partial charge on any atom is -0.356 e. The highest BCUT2D eigenvalue weighted by Gasteiger charge is 2.23. The van der Waals surface area contributed by atoms with E-state index < -0.39 is 9.84 Å². The van der Waals surface area contributed by atoms with Crippen LogP contribution < -0.4 is 0 Å². The smallest absolute Gasteiger partial charge is 0.210 e. The lowest BCUT2D eigenvalue weighted by atomic mass is 10.2. The van der Waals surface area contributed by atoms with Crippen LogP contribution in [0.5, 0.6) is 0 Å². The number of aromatic nitrogens is 3. The number of benzene rings is 1. The minimum atomic E-state index is -3.64. The van der Waals surface area contributed by atoms with Crippen LogP contribution >= 0.6 is 11.6 Å². The van der Waals surface area contributed by atoms with E-state index >= 15 is 0 Å². The van der Waals surface area contributed by atoms with Crippen molar-refractivity contribution in [2.45, 2.75) is 16.7 Å². The maximum atomic E-state index is 12.6. The number of sulfone groups is 1. The van der Waals surface area contributed by atoms with Gasteiger partial charge in [0, 0.05) is 6.20 Å². The van der Waals surface area contributed by atoms with Crippen molar-refractivity contribution in [2.24, 2.45) is 0 Å². The molecular weight excluding hydrogens is 298 g/mol. The summed E-state index contributed by atoms with van der Waals surface area (Å²) in [7, 11) is -3.64. The summed E-state index contributed by atoms with van der Waals surface area (Å²) in [6, 6.07) is 6.66. The number of halogens is 1. The number of hydrogen-bond acceptors (Lipinski definition) is 4. The molecule has 5 nitrogen and oxygen atoms in total. The molecule has 0 aliphatic rings. The van der Waals surface area contributed by atoms with E-state index in [4.69, 9.17) is 11.6 Å². The molecule has 0 bridgehead atoms. The van der Waals surface area contributed by atoms with E-state index in [9.17, 15) is 8.42 Å². The molecule has 0 fully saturated rings. The number of hydrogen-bond donors (Lipinski definition) is 1. The Kier molecular flexibility index (Phi) is 2.99. The van der Waals surface area contributed by atoms with Crippen molar-refractivity contribution in [3.63, 3.8) is 0 Å². The van der Waals surface area contributed by atoms with Gasteiger partial charge in [0.2, 0.25) is 9.84 Å². The molecule has 0 radical (unpaired) electrons. The molecule has 2 aromatic heterocycles. The topological polar surface area (TPSA) is 75.7 Å². The molecule has 0 aliphatic carbocycles.